The van der Waals surface area contributed by atoms with Crippen LogP contribution in [0.2, 0.25) is 0 Å². The van der Waals surface area contributed by atoms with E-state index >= 15 is 0 Å². The molecule has 2 aromatic rings. The zero-order chi connectivity index (χ0) is 25.4. The SMILES string of the molecule is CN(C1CC(OCCCCc2ccc3c(n2)NCCC3)C1)C(C(=O)O)c1cnc(C2CC2)nc1C1CC1. The van der Waals surface area contributed by atoms with E-state index in [4.69, 9.17) is 14.7 Å². The number of aryl methyl sites for hydroxylation is 2. The Balaban J connectivity index is 0.969. The number of ether oxygens (including phenoxy) is 1. The molecule has 37 heavy (non-hydrogen) atoms. The lowest BCUT2D eigenvalue weighted by molar-refractivity contribution is -0.146. The summed E-state index contributed by atoms with van der Waals surface area (Å²) in [6, 6.07) is 3.88. The predicted octanol–water partition coefficient (Wildman–Crippen LogP) is 4.61. The smallest absolute Gasteiger partial charge is 0.325 e. The zero-order valence-corrected chi connectivity index (χ0v) is 21.9. The number of nitrogens with one attached hydrogen (secondary N) is 1. The van der Waals surface area contributed by atoms with Crippen molar-refractivity contribution in [3.63, 3.8) is 0 Å². The normalized spacial score (nSPS) is 23.7. The van der Waals surface area contributed by atoms with Crippen LogP contribution in [-0.2, 0) is 22.4 Å². The van der Waals surface area contributed by atoms with Gasteiger partial charge in [-0.1, -0.05) is 6.07 Å². The third-order valence-corrected chi connectivity index (χ3v) is 8.49. The summed E-state index contributed by atoms with van der Waals surface area (Å²) in [5.74, 6) is 2.04. The zero-order valence-electron chi connectivity index (χ0n) is 21.9. The highest BCUT2D eigenvalue weighted by molar-refractivity contribution is 5.76. The minimum atomic E-state index is -0.817. The molecule has 1 unspecified atom stereocenters. The van der Waals surface area contributed by atoms with Crippen molar-refractivity contribution in [3.05, 3.63) is 46.7 Å². The van der Waals surface area contributed by atoms with Gasteiger partial charge in [-0.15, -0.1) is 0 Å². The van der Waals surface area contributed by atoms with Crippen molar-refractivity contribution >= 4 is 11.8 Å². The van der Waals surface area contributed by atoms with E-state index in [1.54, 1.807) is 0 Å². The molecule has 0 bridgehead atoms. The van der Waals surface area contributed by atoms with Gasteiger partial charge >= 0.3 is 5.97 Å². The van der Waals surface area contributed by atoms with Crippen LogP contribution in [0.4, 0.5) is 5.82 Å². The van der Waals surface area contributed by atoms with E-state index in [2.05, 4.69) is 22.4 Å². The molecular weight excluding hydrogens is 466 g/mol. The first kappa shape index (κ1) is 24.7. The van der Waals surface area contributed by atoms with Gasteiger partial charge < -0.3 is 15.2 Å². The second-order valence-corrected chi connectivity index (χ2v) is 11.4. The number of carboxylic acids is 1. The number of fused-ring (bicyclic) bond motifs is 1. The molecular formula is C29H39N5O3. The number of aromatic nitrogens is 3. The van der Waals surface area contributed by atoms with Gasteiger partial charge in [0.15, 0.2) is 0 Å². The number of anilines is 1. The largest absolute Gasteiger partial charge is 0.480 e. The van der Waals surface area contributed by atoms with Crippen LogP contribution in [0.15, 0.2) is 18.3 Å². The highest BCUT2D eigenvalue weighted by atomic mass is 16.5. The van der Waals surface area contributed by atoms with E-state index in [1.807, 2.05) is 18.1 Å². The number of hydrogen-bond donors (Lipinski definition) is 2. The first-order valence-corrected chi connectivity index (χ1v) is 14.2. The van der Waals surface area contributed by atoms with E-state index in [1.165, 1.54) is 12.0 Å². The van der Waals surface area contributed by atoms with E-state index in [0.717, 1.165) is 106 Å². The summed E-state index contributed by atoms with van der Waals surface area (Å²) in [7, 11) is 1.94. The van der Waals surface area contributed by atoms with Crippen molar-refractivity contribution in [3.8, 4) is 0 Å². The highest BCUT2D eigenvalue weighted by Crippen LogP contribution is 2.45. The molecule has 0 radical (unpaired) electrons. The number of carboxylic acid groups (broad SMARTS) is 1. The van der Waals surface area contributed by atoms with Crippen molar-refractivity contribution in [1.82, 2.24) is 19.9 Å². The molecule has 3 heterocycles. The lowest BCUT2D eigenvalue weighted by atomic mass is 9.86. The molecule has 0 aromatic carbocycles. The summed E-state index contributed by atoms with van der Waals surface area (Å²) in [5, 5.41) is 13.6. The van der Waals surface area contributed by atoms with E-state index < -0.39 is 12.0 Å². The molecule has 0 saturated heterocycles. The molecule has 8 nitrogen and oxygen atoms in total. The fraction of sp³-hybridized carbons (Fsp3) is 0.655. The second-order valence-electron chi connectivity index (χ2n) is 11.4. The molecule has 6 rings (SSSR count). The summed E-state index contributed by atoms with van der Waals surface area (Å²) in [6.07, 6.45) is 13.6. The highest BCUT2D eigenvalue weighted by Gasteiger charge is 2.42. The number of pyridine rings is 1. The minimum Gasteiger partial charge on any atom is -0.480 e. The Labute approximate surface area is 219 Å². The van der Waals surface area contributed by atoms with Crippen molar-refractivity contribution < 1.29 is 14.6 Å². The van der Waals surface area contributed by atoms with Crippen LogP contribution in [0.25, 0.3) is 0 Å². The molecule has 198 valence electrons. The fourth-order valence-electron chi connectivity index (χ4n) is 5.76. The molecule has 0 amide bonds. The summed E-state index contributed by atoms with van der Waals surface area (Å²) in [4.78, 5) is 28.6. The maximum Gasteiger partial charge on any atom is 0.325 e. The van der Waals surface area contributed by atoms with E-state index in [9.17, 15) is 9.90 Å². The molecule has 8 heteroatoms. The minimum absolute atomic E-state index is 0.202. The van der Waals surface area contributed by atoms with Gasteiger partial charge in [0.2, 0.25) is 0 Å². The molecule has 1 atom stereocenters. The van der Waals surface area contributed by atoms with Gasteiger partial charge in [-0.05, 0) is 89.3 Å². The maximum atomic E-state index is 12.4. The molecule has 0 spiro atoms. The number of aliphatic carboxylic acids is 1. The Morgan fingerprint density at radius 1 is 1.16 bits per heavy atom. The van der Waals surface area contributed by atoms with Crippen LogP contribution >= 0.6 is 0 Å². The molecule has 3 aliphatic carbocycles. The molecule has 3 fully saturated rings. The topological polar surface area (TPSA) is 100 Å². The van der Waals surface area contributed by atoms with Crippen LogP contribution in [0.1, 0.15) is 104 Å². The van der Waals surface area contributed by atoms with Crippen LogP contribution in [0.3, 0.4) is 0 Å². The van der Waals surface area contributed by atoms with Crippen molar-refractivity contribution in [2.75, 3.05) is 25.5 Å². The van der Waals surface area contributed by atoms with E-state index in [0.29, 0.717) is 11.8 Å². The summed E-state index contributed by atoms with van der Waals surface area (Å²) in [6.45, 7) is 1.76. The molecule has 2 aromatic heterocycles. The third kappa shape index (κ3) is 5.65. The van der Waals surface area contributed by atoms with Crippen LogP contribution in [0.5, 0.6) is 0 Å². The lowest BCUT2D eigenvalue weighted by Gasteiger charge is -2.43. The molecule has 2 N–H and O–H groups in total. The lowest BCUT2D eigenvalue weighted by Crippen LogP contribution is -2.49. The second kappa shape index (κ2) is 10.7. The standard InChI is InChI=1S/C29H39N5O3/c1-34(26(29(35)36)24-17-31-28(20-9-10-20)33-25(24)18-7-8-18)22-15-23(16-22)37-14-3-2-6-21-12-11-19-5-4-13-30-27(19)32-21/h11-12,17-18,20,22-23,26H,2-10,13-16H2,1H3,(H,30,32)(H,35,36). The quantitative estimate of drug-likeness (QED) is 0.403. The molecule has 3 saturated carbocycles. The maximum absolute atomic E-state index is 12.4. The Morgan fingerprint density at radius 2 is 1.97 bits per heavy atom. The Hall–Kier alpha value is -2.58. The van der Waals surface area contributed by atoms with Gasteiger partial charge in [0.1, 0.15) is 17.7 Å². The fourth-order valence-corrected chi connectivity index (χ4v) is 5.76. The van der Waals surface area contributed by atoms with Gasteiger partial charge in [0.05, 0.1) is 11.8 Å². The molecule has 1 aliphatic heterocycles. The Morgan fingerprint density at radius 3 is 2.73 bits per heavy atom. The van der Waals surface area contributed by atoms with Crippen molar-refractivity contribution in [2.24, 2.45) is 0 Å². The Bertz CT molecular complexity index is 1130. The first-order chi connectivity index (χ1) is 18.1. The van der Waals surface area contributed by atoms with Gasteiger partial charge in [-0.2, -0.15) is 0 Å². The number of hydrogen-bond acceptors (Lipinski definition) is 7. The first-order valence-electron chi connectivity index (χ1n) is 14.2. The Kier molecular flexibility index (Phi) is 7.12. The van der Waals surface area contributed by atoms with Gasteiger partial charge in [-0.25, -0.2) is 15.0 Å². The predicted molar refractivity (Wildman–Crippen MR) is 141 cm³/mol. The van der Waals surface area contributed by atoms with Crippen LogP contribution < -0.4 is 5.32 Å². The third-order valence-electron chi connectivity index (χ3n) is 8.49. The van der Waals surface area contributed by atoms with Gasteiger partial charge in [0.25, 0.3) is 0 Å². The van der Waals surface area contributed by atoms with Crippen molar-refractivity contribution in [2.45, 2.75) is 101 Å². The summed E-state index contributed by atoms with van der Waals surface area (Å²) in [5.41, 5.74) is 4.25. The van der Waals surface area contributed by atoms with Crippen molar-refractivity contribution in [1.29, 1.82) is 0 Å². The average Bonchev–Trinajstić information content (AvgIpc) is 3.78. The monoisotopic (exact) mass is 505 g/mol. The number of likely N-dealkylation sites (N-methyl/N-ethyl adjacent to an activating group) is 1. The summed E-state index contributed by atoms with van der Waals surface area (Å²) < 4.78 is 6.12. The number of unbranched alkanes of at least 4 members (excludes halogenated alkanes) is 1. The van der Waals surface area contributed by atoms with Gasteiger partial charge in [-0.3, -0.25) is 9.69 Å². The van der Waals surface area contributed by atoms with E-state index in [-0.39, 0.29) is 12.1 Å². The number of nitrogens with zero attached hydrogens (tertiary/aromatic N) is 4. The average molecular weight is 506 g/mol. The number of rotatable bonds is 12. The molecule has 4 aliphatic rings. The van der Waals surface area contributed by atoms with Crippen LogP contribution in [0, 0.1) is 0 Å². The van der Waals surface area contributed by atoms with Gasteiger partial charge in [0, 0.05) is 48.5 Å². The number of carbonyl (C=O) groups is 1. The summed E-state index contributed by atoms with van der Waals surface area (Å²) >= 11 is 0. The van der Waals surface area contributed by atoms with Crippen LogP contribution in [-0.4, -0.2) is 63.3 Å².